The number of pyridine rings is 2. The summed E-state index contributed by atoms with van der Waals surface area (Å²) in [6, 6.07) is 12.5. The summed E-state index contributed by atoms with van der Waals surface area (Å²) in [6.07, 6.45) is 4.38. The second-order valence-electron chi connectivity index (χ2n) is 8.82. The predicted octanol–water partition coefficient (Wildman–Crippen LogP) is 2.68. The summed E-state index contributed by atoms with van der Waals surface area (Å²) in [6.45, 7) is 6.10. The lowest BCUT2D eigenvalue weighted by Gasteiger charge is -2.33. The van der Waals surface area contributed by atoms with Crippen LogP contribution in [0.3, 0.4) is 0 Å². The van der Waals surface area contributed by atoms with Gasteiger partial charge < -0.3 is 20.4 Å². The summed E-state index contributed by atoms with van der Waals surface area (Å²) in [5.41, 5.74) is 5.92. The Balaban J connectivity index is 1.37. The number of benzene rings is 1. The number of carbonyl (C=O) groups is 2. The first-order valence-electron chi connectivity index (χ1n) is 12.2. The third kappa shape index (κ3) is 5.25. The van der Waals surface area contributed by atoms with Gasteiger partial charge in [-0.15, -0.1) is 0 Å². The van der Waals surface area contributed by atoms with E-state index in [1.807, 2.05) is 25.1 Å². The number of carbonyl (C=O) groups excluding carboxylic acids is 2. The Hall–Kier alpha value is -5.26. The van der Waals surface area contributed by atoms with E-state index in [0.29, 0.717) is 47.3 Å². The zero-order chi connectivity index (χ0) is 27.5. The van der Waals surface area contributed by atoms with Crippen molar-refractivity contribution in [2.45, 2.75) is 6.92 Å². The van der Waals surface area contributed by atoms with Gasteiger partial charge >= 0.3 is 0 Å². The molecule has 1 aliphatic rings. The van der Waals surface area contributed by atoms with Gasteiger partial charge in [0.1, 0.15) is 41.2 Å². The number of piperazine rings is 1. The molecule has 198 valence electrons. The van der Waals surface area contributed by atoms with E-state index in [-0.39, 0.29) is 23.8 Å². The minimum Gasteiger partial charge on any atom is -0.457 e. The minimum absolute atomic E-state index is 0.0315. The molecule has 39 heavy (non-hydrogen) atoms. The van der Waals surface area contributed by atoms with Crippen molar-refractivity contribution in [3.8, 4) is 11.5 Å². The minimum atomic E-state index is -0.270. The lowest BCUT2D eigenvalue weighted by atomic mass is 10.2. The number of nitrogens with one attached hydrogen (secondary N) is 3. The molecule has 1 fully saturated rings. The van der Waals surface area contributed by atoms with Gasteiger partial charge in [0.05, 0.1) is 5.52 Å². The van der Waals surface area contributed by atoms with E-state index in [4.69, 9.17) is 15.1 Å². The van der Waals surface area contributed by atoms with E-state index in [1.165, 1.54) is 17.3 Å². The van der Waals surface area contributed by atoms with E-state index in [1.54, 1.807) is 47.1 Å². The summed E-state index contributed by atoms with van der Waals surface area (Å²) >= 11 is 0. The molecule has 2 amide bonds. The Bertz CT molecular complexity index is 1650. The van der Waals surface area contributed by atoms with Crippen LogP contribution in [0.1, 0.15) is 5.56 Å². The lowest BCUT2D eigenvalue weighted by molar-refractivity contribution is -0.133. The zero-order valence-corrected chi connectivity index (χ0v) is 21.5. The molecule has 0 bridgehead atoms. The van der Waals surface area contributed by atoms with Gasteiger partial charge in [-0.3, -0.25) is 24.6 Å². The number of anilines is 3. The van der Waals surface area contributed by atoms with E-state index in [2.05, 4.69) is 27.3 Å². The molecule has 4 heterocycles. The molecule has 0 aliphatic carbocycles. The smallest absolute Gasteiger partial charge is 0.247 e. The highest BCUT2D eigenvalue weighted by Gasteiger charge is 2.28. The maximum atomic E-state index is 12.8. The summed E-state index contributed by atoms with van der Waals surface area (Å²) in [7, 11) is 1.74. The third-order valence-electron chi connectivity index (χ3n) is 6.28. The van der Waals surface area contributed by atoms with Crippen LogP contribution in [-0.2, 0) is 9.59 Å². The molecule has 0 saturated carbocycles. The molecule has 0 radical (unpaired) electrons. The molecule has 12 nitrogen and oxygen atoms in total. The Morgan fingerprint density at radius 3 is 2.72 bits per heavy atom. The lowest BCUT2D eigenvalue weighted by Crippen LogP contribution is -2.52. The number of ether oxygens (including phenoxy) is 1. The number of fused-ring (bicyclic) bond motifs is 1. The Labute approximate surface area is 224 Å². The van der Waals surface area contributed by atoms with Gasteiger partial charge in [-0.05, 0) is 55.0 Å². The number of nitrogens with zero attached hydrogens (tertiary/aromatic N) is 6. The van der Waals surface area contributed by atoms with Crippen molar-refractivity contribution in [3.05, 3.63) is 78.7 Å². The Kier molecular flexibility index (Phi) is 6.91. The standard InChI is InChI=1S/C27H27N9O3/c1-4-24(37)34-11-12-35(25(38)15-34)23-8-6-20-26(33-23)27(31-16-30-20)32-18-5-7-21(17(2)13-18)39-19-9-10-36(29-3)22(28)14-19/h4-10,13-14,16,28-29H,1,11-12,15H2,2-3H3,(H,30,31,32). The van der Waals surface area contributed by atoms with Gasteiger partial charge in [0.25, 0.3) is 0 Å². The number of hydrogen-bond donors (Lipinski definition) is 3. The first-order chi connectivity index (χ1) is 18.9. The van der Waals surface area contributed by atoms with Crippen molar-refractivity contribution in [1.82, 2.24) is 24.5 Å². The summed E-state index contributed by atoms with van der Waals surface area (Å²) in [4.78, 5) is 41.1. The molecule has 1 saturated heterocycles. The van der Waals surface area contributed by atoms with E-state index in [9.17, 15) is 9.59 Å². The van der Waals surface area contributed by atoms with Crippen LogP contribution in [0.5, 0.6) is 11.5 Å². The van der Waals surface area contributed by atoms with Crippen molar-refractivity contribution in [3.63, 3.8) is 0 Å². The van der Waals surface area contributed by atoms with Crippen molar-refractivity contribution in [2.24, 2.45) is 0 Å². The van der Waals surface area contributed by atoms with Crippen LogP contribution in [0.4, 0.5) is 17.3 Å². The van der Waals surface area contributed by atoms with Gasteiger partial charge in [0.2, 0.25) is 11.8 Å². The molecule has 3 N–H and O–H groups in total. The van der Waals surface area contributed by atoms with Crippen molar-refractivity contribution >= 4 is 40.2 Å². The average Bonchev–Trinajstić information content (AvgIpc) is 2.94. The van der Waals surface area contributed by atoms with Crippen LogP contribution < -0.4 is 25.9 Å². The maximum absolute atomic E-state index is 12.8. The molecule has 3 aromatic heterocycles. The number of aryl methyl sites for hydroxylation is 1. The van der Waals surface area contributed by atoms with Crippen molar-refractivity contribution < 1.29 is 14.3 Å². The monoisotopic (exact) mass is 525 g/mol. The molecule has 5 rings (SSSR count). The highest BCUT2D eigenvalue weighted by atomic mass is 16.5. The van der Waals surface area contributed by atoms with Gasteiger partial charge in [-0.2, -0.15) is 0 Å². The van der Waals surface area contributed by atoms with Gasteiger partial charge in [0.15, 0.2) is 5.82 Å². The number of aromatic nitrogens is 4. The molecular formula is C27H27N9O3. The van der Waals surface area contributed by atoms with Crippen LogP contribution in [-0.4, -0.2) is 63.0 Å². The van der Waals surface area contributed by atoms with Crippen LogP contribution in [0.25, 0.3) is 11.0 Å². The molecule has 0 atom stereocenters. The van der Waals surface area contributed by atoms with Crippen LogP contribution >= 0.6 is 0 Å². The normalized spacial score (nSPS) is 13.3. The summed E-state index contributed by atoms with van der Waals surface area (Å²) in [5, 5.41) is 11.3. The predicted molar refractivity (Wildman–Crippen MR) is 147 cm³/mol. The molecule has 4 aromatic rings. The first-order valence-corrected chi connectivity index (χ1v) is 12.2. The largest absolute Gasteiger partial charge is 0.457 e. The average molecular weight is 526 g/mol. The number of hydrogen-bond acceptors (Lipinski definition) is 9. The number of rotatable bonds is 7. The highest BCUT2D eigenvalue weighted by molar-refractivity contribution is 6.00. The van der Waals surface area contributed by atoms with E-state index in [0.717, 1.165) is 11.3 Å². The van der Waals surface area contributed by atoms with Gasteiger partial charge in [0, 0.05) is 38.1 Å². The van der Waals surface area contributed by atoms with Crippen molar-refractivity contribution in [2.75, 3.05) is 42.3 Å². The second kappa shape index (κ2) is 10.6. The fraction of sp³-hybridized carbons (Fsp3) is 0.185. The maximum Gasteiger partial charge on any atom is 0.247 e. The van der Waals surface area contributed by atoms with Gasteiger partial charge in [-0.1, -0.05) is 6.58 Å². The summed E-state index contributed by atoms with van der Waals surface area (Å²) in [5.74, 6) is 1.67. The van der Waals surface area contributed by atoms with Gasteiger partial charge in [-0.25, -0.2) is 15.0 Å². The quantitative estimate of drug-likeness (QED) is 0.313. The SMILES string of the molecule is C=CC(=O)N1CCN(c2ccc3ncnc(Nc4ccc(Oc5ccn(NC)c(=N)c5)c(C)c4)c3n2)C(=O)C1. The molecule has 0 spiro atoms. The van der Waals surface area contributed by atoms with Crippen LogP contribution in [0, 0.1) is 12.3 Å². The second-order valence-corrected chi connectivity index (χ2v) is 8.82. The fourth-order valence-electron chi connectivity index (χ4n) is 4.25. The van der Waals surface area contributed by atoms with Crippen LogP contribution in [0.15, 0.2) is 67.6 Å². The Morgan fingerprint density at radius 2 is 2.00 bits per heavy atom. The van der Waals surface area contributed by atoms with E-state index < -0.39 is 0 Å². The number of amides is 2. The summed E-state index contributed by atoms with van der Waals surface area (Å²) < 4.78 is 7.56. The molecule has 12 heteroatoms. The molecule has 0 unspecified atom stereocenters. The van der Waals surface area contributed by atoms with Crippen LogP contribution in [0.2, 0.25) is 0 Å². The fourth-order valence-corrected chi connectivity index (χ4v) is 4.25. The topological polar surface area (TPSA) is 141 Å². The zero-order valence-electron chi connectivity index (χ0n) is 21.5. The Morgan fingerprint density at radius 1 is 1.15 bits per heavy atom. The first kappa shape index (κ1) is 25.4. The van der Waals surface area contributed by atoms with E-state index >= 15 is 0 Å². The molecule has 1 aliphatic heterocycles. The highest BCUT2D eigenvalue weighted by Crippen LogP contribution is 2.30. The molecular weight excluding hydrogens is 498 g/mol. The third-order valence-corrected chi connectivity index (χ3v) is 6.28. The molecule has 1 aromatic carbocycles. The van der Waals surface area contributed by atoms with Crippen molar-refractivity contribution in [1.29, 1.82) is 5.41 Å².